The third kappa shape index (κ3) is 3.91. The highest BCUT2D eigenvalue weighted by Gasteiger charge is 2.22. The first-order chi connectivity index (χ1) is 13.4. The van der Waals surface area contributed by atoms with Gasteiger partial charge in [0.25, 0.3) is 5.56 Å². The van der Waals surface area contributed by atoms with E-state index >= 15 is 0 Å². The Kier molecular flexibility index (Phi) is 4.89. The number of aromatic nitrogens is 5. The van der Waals surface area contributed by atoms with Crippen molar-refractivity contribution in [1.29, 1.82) is 0 Å². The summed E-state index contributed by atoms with van der Waals surface area (Å²) in [5.74, 6) is 0.520. The molecule has 4 heterocycles. The van der Waals surface area contributed by atoms with E-state index in [-0.39, 0.29) is 17.1 Å². The molecule has 0 amide bonds. The molecular formula is C20H27N7O. The lowest BCUT2D eigenvalue weighted by atomic mass is 10.1. The van der Waals surface area contributed by atoms with Gasteiger partial charge in [0.05, 0.1) is 17.4 Å². The van der Waals surface area contributed by atoms with E-state index in [1.165, 1.54) is 0 Å². The fourth-order valence-corrected chi connectivity index (χ4v) is 3.63. The van der Waals surface area contributed by atoms with Gasteiger partial charge in [-0.2, -0.15) is 10.1 Å². The number of piperidine rings is 1. The summed E-state index contributed by atoms with van der Waals surface area (Å²) in [6, 6.07) is 6.31. The number of nitrogens with one attached hydrogen (secondary N) is 2. The predicted molar refractivity (Wildman–Crippen MR) is 109 cm³/mol. The van der Waals surface area contributed by atoms with E-state index < -0.39 is 0 Å². The number of anilines is 1. The van der Waals surface area contributed by atoms with Crippen LogP contribution in [0.15, 0.2) is 35.4 Å². The molecule has 0 atom stereocenters. The Morgan fingerprint density at radius 3 is 2.71 bits per heavy atom. The molecule has 0 spiro atoms. The molecule has 4 rings (SSSR count). The lowest BCUT2D eigenvalue weighted by Gasteiger charge is -2.32. The molecule has 2 N–H and O–H groups in total. The van der Waals surface area contributed by atoms with Gasteiger partial charge in [0.2, 0.25) is 5.95 Å². The van der Waals surface area contributed by atoms with E-state index in [2.05, 4.69) is 36.3 Å². The van der Waals surface area contributed by atoms with Gasteiger partial charge in [0.15, 0.2) is 5.65 Å². The maximum Gasteiger partial charge on any atom is 0.263 e. The van der Waals surface area contributed by atoms with Crippen molar-refractivity contribution in [3.8, 4) is 0 Å². The molecule has 0 unspecified atom stereocenters. The highest BCUT2D eigenvalue weighted by atomic mass is 16.1. The molecule has 1 aliphatic heterocycles. The van der Waals surface area contributed by atoms with Crippen LogP contribution in [0.2, 0.25) is 0 Å². The molecule has 0 radical (unpaired) electrons. The fraction of sp³-hybridized carbons (Fsp3) is 0.500. The van der Waals surface area contributed by atoms with E-state index in [0.717, 1.165) is 38.2 Å². The Hall–Kier alpha value is -2.74. The number of hydrogen-bond acceptors (Lipinski definition) is 6. The van der Waals surface area contributed by atoms with Crippen molar-refractivity contribution in [2.75, 3.05) is 18.4 Å². The van der Waals surface area contributed by atoms with Gasteiger partial charge in [0, 0.05) is 31.9 Å². The maximum absolute atomic E-state index is 12.4. The van der Waals surface area contributed by atoms with Crippen LogP contribution in [0.3, 0.4) is 0 Å². The first-order valence-electron chi connectivity index (χ1n) is 9.77. The summed E-state index contributed by atoms with van der Waals surface area (Å²) in [6.45, 7) is 8.99. The van der Waals surface area contributed by atoms with Crippen molar-refractivity contribution >= 4 is 17.0 Å². The van der Waals surface area contributed by atoms with Gasteiger partial charge < -0.3 is 5.32 Å². The average molecular weight is 381 g/mol. The number of nitrogens with zero attached hydrogens (tertiary/aromatic N) is 5. The minimum atomic E-state index is -0.239. The monoisotopic (exact) mass is 381 g/mol. The Morgan fingerprint density at radius 2 is 2.04 bits per heavy atom. The molecule has 0 aromatic carbocycles. The molecule has 1 aliphatic rings. The van der Waals surface area contributed by atoms with Gasteiger partial charge in [-0.05, 0) is 45.7 Å². The molecular weight excluding hydrogens is 354 g/mol. The van der Waals surface area contributed by atoms with Gasteiger partial charge in [-0.3, -0.25) is 19.7 Å². The van der Waals surface area contributed by atoms with Crippen LogP contribution in [0.5, 0.6) is 0 Å². The highest BCUT2D eigenvalue weighted by molar-refractivity contribution is 5.74. The van der Waals surface area contributed by atoms with Crippen LogP contribution in [0.1, 0.15) is 39.3 Å². The van der Waals surface area contributed by atoms with Crippen molar-refractivity contribution in [3.05, 3.63) is 46.6 Å². The van der Waals surface area contributed by atoms with Crippen LogP contribution in [0, 0.1) is 0 Å². The summed E-state index contributed by atoms with van der Waals surface area (Å²) >= 11 is 0. The van der Waals surface area contributed by atoms with Gasteiger partial charge in [-0.25, -0.2) is 4.68 Å². The minimum absolute atomic E-state index is 0.157. The van der Waals surface area contributed by atoms with E-state index in [9.17, 15) is 4.79 Å². The van der Waals surface area contributed by atoms with Crippen LogP contribution >= 0.6 is 0 Å². The smallest absolute Gasteiger partial charge is 0.263 e. The summed E-state index contributed by atoms with van der Waals surface area (Å²) in [4.78, 5) is 26.8. The summed E-state index contributed by atoms with van der Waals surface area (Å²) < 4.78 is 1.80. The zero-order valence-electron chi connectivity index (χ0n) is 16.6. The standard InChI is InChI=1S/C20H27N7O/c1-20(2,3)27-17-16(12-22-27)18(28)25-19(24-17)23-14-7-10-26(11-8-14)13-15-6-4-5-9-21-15/h4-6,9,12,14H,7-8,10-11,13H2,1-3H3,(H2,23,24,25,28). The van der Waals surface area contributed by atoms with E-state index in [1.54, 1.807) is 10.9 Å². The molecule has 0 aliphatic carbocycles. The van der Waals surface area contributed by atoms with Crippen LogP contribution in [-0.4, -0.2) is 48.8 Å². The molecule has 3 aromatic heterocycles. The largest absolute Gasteiger partial charge is 0.353 e. The second-order valence-electron chi connectivity index (χ2n) is 8.39. The lowest BCUT2D eigenvalue weighted by molar-refractivity contribution is 0.209. The van der Waals surface area contributed by atoms with Crippen molar-refractivity contribution in [1.82, 2.24) is 29.6 Å². The Bertz CT molecular complexity index is 995. The van der Waals surface area contributed by atoms with E-state index in [0.29, 0.717) is 17.0 Å². The minimum Gasteiger partial charge on any atom is -0.353 e. The summed E-state index contributed by atoms with van der Waals surface area (Å²) in [5.41, 5.74) is 1.32. The second kappa shape index (κ2) is 7.35. The third-order valence-electron chi connectivity index (χ3n) is 5.11. The van der Waals surface area contributed by atoms with Crippen molar-refractivity contribution in [3.63, 3.8) is 0 Å². The van der Waals surface area contributed by atoms with Gasteiger partial charge in [-0.1, -0.05) is 6.07 Å². The third-order valence-corrected chi connectivity index (χ3v) is 5.11. The second-order valence-corrected chi connectivity index (χ2v) is 8.39. The van der Waals surface area contributed by atoms with Gasteiger partial charge >= 0.3 is 0 Å². The van der Waals surface area contributed by atoms with Crippen LogP contribution in [-0.2, 0) is 12.1 Å². The lowest BCUT2D eigenvalue weighted by Crippen LogP contribution is -2.39. The molecule has 0 saturated carbocycles. The molecule has 1 saturated heterocycles. The number of rotatable bonds is 4. The Labute approximate surface area is 164 Å². The molecule has 8 nitrogen and oxygen atoms in total. The molecule has 1 fully saturated rings. The topological polar surface area (TPSA) is 91.7 Å². The molecule has 8 heteroatoms. The highest BCUT2D eigenvalue weighted by Crippen LogP contribution is 2.20. The van der Waals surface area contributed by atoms with E-state index in [4.69, 9.17) is 0 Å². The molecule has 28 heavy (non-hydrogen) atoms. The zero-order valence-corrected chi connectivity index (χ0v) is 16.6. The normalized spacial score (nSPS) is 16.5. The Balaban J connectivity index is 1.44. The first-order valence-corrected chi connectivity index (χ1v) is 9.77. The number of fused-ring (bicyclic) bond motifs is 1. The SMILES string of the molecule is CC(C)(C)n1ncc2c(=O)[nH]c(NC3CCN(Cc4ccccn4)CC3)nc21. The number of hydrogen-bond donors (Lipinski definition) is 2. The Morgan fingerprint density at radius 1 is 1.25 bits per heavy atom. The molecule has 0 bridgehead atoms. The van der Waals surface area contributed by atoms with Crippen LogP contribution in [0.4, 0.5) is 5.95 Å². The first kappa shape index (κ1) is 18.6. The maximum atomic E-state index is 12.4. The fourth-order valence-electron chi connectivity index (χ4n) is 3.63. The van der Waals surface area contributed by atoms with E-state index in [1.807, 2.05) is 39.1 Å². The van der Waals surface area contributed by atoms with Gasteiger partial charge in [-0.15, -0.1) is 0 Å². The van der Waals surface area contributed by atoms with Crippen molar-refractivity contribution in [2.24, 2.45) is 0 Å². The number of pyridine rings is 1. The summed E-state index contributed by atoms with van der Waals surface area (Å²) in [5, 5.41) is 8.29. The quantitative estimate of drug-likeness (QED) is 0.721. The molecule has 3 aromatic rings. The predicted octanol–water partition coefficient (Wildman–Crippen LogP) is 2.35. The van der Waals surface area contributed by atoms with Crippen LogP contribution in [0.25, 0.3) is 11.0 Å². The number of H-pyrrole nitrogens is 1. The van der Waals surface area contributed by atoms with Crippen molar-refractivity contribution in [2.45, 2.75) is 51.7 Å². The van der Waals surface area contributed by atoms with Crippen molar-refractivity contribution < 1.29 is 0 Å². The summed E-state index contributed by atoms with van der Waals surface area (Å²) in [7, 11) is 0. The van der Waals surface area contributed by atoms with Crippen LogP contribution < -0.4 is 10.9 Å². The van der Waals surface area contributed by atoms with Gasteiger partial charge in [0.1, 0.15) is 5.39 Å². The molecule has 148 valence electrons. The summed E-state index contributed by atoms with van der Waals surface area (Å²) in [6.07, 6.45) is 5.41. The zero-order chi connectivity index (χ0) is 19.7. The number of likely N-dealkylation sites (tertiary alicyclic amines) is 1. The average Bonchev–Trinajstić information content (AvgIpc) is 3.09. The number of aromatic amines is 1.